The third-order valence-electron chi connectivity index (χ3n) is 2.65. The van der Waals surface area contributed by atoms with Gasteiger partial charge in [0, 0.05) is 12.2 Å². The molecule has 4 nitrogen and oxygen atoms in total. The minimum atomic E-state index is 0.487. The number of para-hydroxylation sites is 1. The molecule has 0 unspecified atom stereocenters. The summed E-state index contributed by atoms with van der Waals surface area (Å²) in [7, 11) is 0. The molecule has 0 aliphatic carbocycles. The van der Waals surface area contributed by atoms with Crippen LogP contribution in [-0.4, -0.2) is 11.5 Å². The number of hydrogen-bond acceptors (Lipinski definition) is 4. The van der Waals surface area contributed by atoms with Gasteiger partial charge in [-0.1, -0.05) is 18.2 Å². The Morgan fingerprint density at radius 3 is 2.67 bits per heavy atom. The highest BCUT2D eigenvalue weighted by molar-refractivity contribution is 5.67. The number of nitriles is 1. The van der Waals surface area contributed by atoms with Crippen molar-refractivity contribution in [3.05, 3.63) is 48.2 Å². The number of aromatic nitrogens is 1. The van der Waals surface area contributed by atoms with Crippen molar-refractivity contribution in [2.45, 2.75) is 6.92 Å². The molecular weight excluding hydrogens is 224 g/mol. The maximum absolute atomic E-state index is 9.16. The highest BCUT2D eigenvalue weighted by atomic mass is 15.2. The molecule has 0 aliphatic heterocycles. The normalized spacial score (nSPS) is 9.78. The molecule has 1 heterocycles. The van der Waals surface area contributed by atoms with Gasteiger partial charge in [0.2, 0.25) is 0 Å². The number of nitrogens with zero attached hydrogens (tertiary/aromatic N) is 3. The Bertz CT molecular complexity index is 572. The molecular formula is C14H14N4. The second kappa shape index (κ2) is 5.19. The van der Waals surface area contributed by atoms with Crippen LogP contribution < -0.4 is 10.6 Å². The predicted octanol–water partition coefficient (Wildman–Crippen LogP) is 2.69. The topological polar surface area (TPSA) is 65.9 Å². The fraction of sp³-hybridized carbons (Fsp3) is 0.143. The van der Waals surface area contributed by atoms with Gasteiger partial charge in [0.25, 0.3) is 0 Å². The van der Waals surface area contributed by atoms with Crippen molar-refractivity contribution in [1.82, 2.24) is 4.98 Å². The van der Waals surface area contributed by atoms with E-state index in [0.717, 1.165) is 12.2 Å². The molecule has 1 aromatic heterocycles. The van der Waals surface area contributed by atoms with E-state index in [1.165, 1.54) is 0 Å². The second-order valence-electron chi connectivity index (χ2n) is 3.83. The SMILES string of the molecule is CCN(c1ccccc1)c1ncc(N)cc1C#N. The molecule has 4 heteroatoms. The maximum Gasteiger partial charge on any atom is 0.151 e. The van der Waals surface area contributed by atoms with Gasteiger partial charge in [-0.3, -0.25) is 0 Å². The molecule has 0 saturated carbocycles. The molecule has 0 bridgehead atoms. The van der Waals surface area contributed by atoms with Crippen LogP contribution in [0, 0.1) is 11.3 Å². The molecule has 0 amide bonds. The number of hydrogen-bond donors (Lipinski definition) is 1. The summed E-state index contributed by atoms with van der Waals surface area (Å²) in [6, 6.07) is 13.6. The van der Waals surface area contributed by atoms with Gasteiger partial charge in [-0.15, -0.1) is 0 Å². The van der Waals surface area contributed by atoms with Crippen LogP contribution in [0.2, 0.25) is 0 Å². The zero-order chi connectivity index (χ0) is 13.0. The molecule has 0 atom stereocenters. The quantitative estimate of drug-likeness (QED) is 0.892. The Labute approximate surface area is 106 Å². The van der Waals surface area contributed by atoms with Gasteiger partial charge in [0.05, 0.1) is 17.4 Å². The lowest BCUT2D eigenvalue weighted by Crippen LogP contribution is -2.18. The van der Waals surface area contributed by atoms with E-state index in [1.54, 1.807) is 12.3 Å². The summed E-state index contributed by atoms with van der Waals surface area (Å²) in [5, 5.41) is 9.16. The third kappa shape index (κ3) is 2.25. The summed E-state index contributed by atoms with van der Waals surface area (Å²) >= 11 is 0. The molecule has 0 radical (unpaired) electrons. The van der Waals surface area contributed by atoms with Crippen molar-refractivity contribution < 1.29 is 0 Å². The number of rotatable bonds is 3. The monoisotopic (exact) mass is 238 g/mol. The maximum atomic E-state index is 9.16. The number of pyridine rings is 1. The Kier molecular flexibility index (Phi) is 3.44. The van der Waals surface area contributed by atoms with E-state index >= 15 is 0 Å². The summed E-state index contributed by atoms with van der Waals surface area (Å²) in [5.41, 5.74) is 7.65. The minimum absolute atomic E-state index is 0.487. The van der Waals surface area contributed by atoms with Crippen molar-refractivity contribution in [3.63, 3.8) is 0 Å². The first-order valence-corrected chi connectivity index (χ1v) is 5.74. The van der Waals surface area contributed by atoms with Crippen molar-refractivity contribution in [2.75, 3.05) is 17.2 Å². The molecule has 18 heavy (non-hydrogen) atoms. The molecule has 90 valence electrons. The Hall–Kier alpha value is -2.54. The van der Waals surface area contributed by atoms with Crippen molar-refractivity contribution in [3.8, 4) is 6.07 Å². The van der Waals surface area contributed by atoms with Gasteiger partial charge >= 0.3 is 0 Å². The van der Waals surface area contributed by atoms with E-state index < -0.39 is 0 Å². The zero-order valence-electron chi connectivity index (χ0n) is 10.2. The summed E-state index contributed by atoms with van der Waals surface area (Å²) in [5.74, 6) is 0.639. The van der Waals surface area contributed by atoms with Crippen LogP contribution in [-0.2, 0) is 0 Å². The third-order valence-corrected chi connectivity index (χ3v) is 2.65. The number of benzene rings is 1. The summed E-state index contributed by atoms with van der Waals surface area (Å²) in [6.45, 7) is 2.75. The van der Waals surface area contributed by atoms with E-state index in [4.69, 9.17) is 11.0 Å². The van der Waals surface area contributed by atoms with E-state index in [2.05, 4.69) is 11.1 Å². The zero-order valence-corrected chi connectivity index (χ0v) is 10.2. The van der Waals surface area contributed by atoms with Crippen molar-refractivity contribution in [1.29, 1.82) is 5.26 Å². The largest absolute Gasteiger partial charge is 0.397 e. The second-order valence-corrected chi connectivity index (χ2v) is 3.83. The molecule has 0 aliphatic rings. The van der Waals surface area contributed by atoms with Gasteiger partial charge < -0.3 is 10.6 Å². The first-order chi connectivity index (χ1) is 8.76. The molecule has 2 rings (SSSR count). The molecule has 1 aromatic carbocycles. The first kappa shape index (κ1) is 11.9. The van der Waals surface area contributed by atoms with Gasteiger partial charge in [-0.25, -0.2) is 4.98 Å². The summed E-state index contributed by atoms with van der Waals surface area (Å²) < 4.78 is 0. The summed E-state index contributed by atoms with van der Waals surface area (Å²) in [4.78, 5) is 6.26. The molecule has 0 saturated heterocycles. The van der Waals surface area contributed by atoms with Gasteiger partial charge in [0.1, 0.15) is 6.07 Å². The van der Waals surface area contributed by atoms with Crippen LogP contribution in [0.5, 0.6) is 0 Å². The lowest BCUT2D eigenvalue weighted by Gasteiger charge is -2.23. The Balaban J connectivity index is 2.49. The predicted molar refractivity (Wildman–Crippen MR) is 72.5 cm³/mol. The highest BCUT2D eigenvalue weighted by Crippen LogP contribution is 2.26. The van der Waals surface area contributed by atoms with Crippen LogP contribution in [0.3, 0.4) is 0 Å². The Morgan fingerprint density at radius 1 is 1.33 bits per heavy atom. The van der Waals surface area contributed by atoms with E-state index in [9.17, 15) is 0 Å². The van der Waals surface area contributed by atoms with Gasteiger partial charge in [-0.2, -0.15) is 5.26 Å². The van der Waals surface area contributed by atoms with Crippen molar-refractivity contribution in [2.24, 2.45) is 0 Å². The number of anilines is 3. The standard InChI is InChI=1S/C14H14N4/c1-2-18(13-6-4-3-5-7-13)14-11(9-15)8-12(16)10-17-14/h3-8,10H,2,16H2,1H3. The van der Waals surface area contributed by atoms with Crippen LogP contribution in [0.4, 0.5) is 17.2 Å². The number of nitrogen functional groups attached to an aromatic ring is 1. The highest BCUT2D eigenvalue weighted by Gasteiger charge is 2.13. The summed E-state index contributed by atoms with van der Waals surface area (Å²) in [6.07, 6.45) is 1.57. The lowest BCUT2D eigenvalue weighted by molar-refractivity contribution is 0.986. The van der Waals surface area contributed by atoms with Crippen LogP contribution in [0.25, 0.3) is 0 Å². The van der Waals surface area contributed by atoms with Crippen LogP contribution >= 0.6 is 0 Å². The Morgan fingerprint density at radius 2 is 2.06 bits per heavy atom. The fourth-order valence-corrected chi connectivity index (χ4v) is 1.83. The molecule has 2 aromatic rings. The molecule has 2 N–H and O–H groups in total. The minimum Gasteiger partial charge on any atom is -0.397 e. The van der Waals surface area contributed by atoms with Crippen LogP contribution in [0.1, 0.15) is 12.5 Å². The van der Waals surface area contributed by atoms with E-state index in [1.807, 2.05) is 42.2 Å². The fourth-order valence-electron chi connectivity index (χ4n) is 1.83. The average Bonchev–Trinajstić information content (AvgIpc) is 2.42. The van der Waals surface area contributed by atoms with E-state index in [0.29, 0.717) is 17.1 Å². The first-order valence-electron chi connectivity index (χ1n) is 5.74. The average molecular weight is 238 g/mol. The molecule has 0 spiro atoms. The van der Waals surface area contributed by atoms with Crippen molar-refractivity contribution >= 4 is 17.2 Å². The number of nitrogens with two attached hydrogens (primary N) is 1. The lowest BCUT2D eigenvalue weighted by atomic mass is 10.2. The van der Waals surface area contributed by atoms with Crippen LogP contribution in [0.15, 0.2) is 42.6 Å². The molecule has 0 fully saturated rings. The van der Waals surface area contributed by atoms with Gasteiger partial charge in [0.15, 0.2) is 5.82 Å². The van der Waals surface area contributed by atoms with E-state index in [-0.39, 0.29) is 0 Å². The van der Waals surface area contributed by atoms with Gasteiger partial charge in [-0.05, 0) is 25.1 Å². The smallest absolute Gasteiger partial charge is 0.151 e.